The Bertz CT molecular complexity index is 1810. The summed E-state index contributed by atoms with van der Waals surface area (Å²) in [5.74, 6) is 1.40. The number of ether oxygens (including phenoxy) is 2. The molecule has 0 bridgehead atoms. The van der Waals surface area contributed by atoms with Gasteiger partial charge in [-0.1, -0.05) is 56.3 Å². The minimum absolute atomic E-state index is 0.0245. The number of rotatable bonds is 12. The van der Waals surface area contributed by atoms with Crippen LogP contribution in [0.4, 0.5) is 5.69 Å². The fourth-order valence-corrected chi connectivity index (χ4v) is 4.92. The quantitative estimate of drug-likeness (QED) is 0.0767. The van der Waals surface area contributed by atoms with E-state index in [1.807, 2.05) is 80.6 Å². The van der Waals surface area contributed by atoms with E-state index in [2.05, 4.69) is 10.3 Å². The smallest absolute Gasteiger partial charge is 0.255 e. The lowest BCUT2D eigenvalue weighted by Gasteiger charge is -2.19. The van der Waals surface area contributed by atoms with Crippen molar-refractivity contribution in [1.82, 2.24) is 9.55 Å². The number of para-hydroxylation sites is 3. The van der Waals surface area contributed by atoms with Crippen molar-refractivity contribution in [1.29, 1.82) is 0 Å². The molecule has 1 atom stereocenters. The van der Waals surface area contributed by atoms with Gasteiger partial charge in [0.25, 0.3) is 5.91 Å². The number of hydrogen-bond acceptors (Lipinski definition) is 6. The summed E-state index contributed by atoms with van der Waals surface area (Å²) in [5.41, 5.74) is 19.7. The lowest BCUT2D eigenvalue weighted by molar-refractivity contribution is -0.121. The van der Waals surface area contributed by atoms with Crippen LogP contribution in [-0.4, -0.2) is 41.0 Å². The van der Waals surface area contributed by atoms with E-state index in [0.717, 1.165) is 0 Å². The molecule has 46 heavy (non-hydrogen) atoms. The molecule has 0 saturated heterocycles. The summed E-state index contributed by atoms with van der Waals surface area (Å²) in [6.07, 6.45) is 0.863. The van der Waals surface area contributed by atoms with Crippen LogP contribution in [0.2, 0.25) is 0 Å². The van der Waals surface area contributed by atoms with Crippen LogP contribution in [0.25, 0.3) is 22.4 Å². The third-order valence-electron chi connectivity index (χ3n) is 6.95. The molecule has 1 heterocycles. The second-order valence-corrected chi connectivity index (χ2v) is 9.97. The lowest BCUT2D eigenvalue weighted by atomic mass is 10.1. The Morgan fingerprint density at radius 2 is 1.61 bits per heavy atom. The van der Waals surface area contributed by atoms with Crippen LogP contribution in [0.15, 0.2) is 102 Å². The van der Waals surface area contributed by atoms with Gasteiger partial charge in [0.15, 0.2) is 5.96 Å². The summed E-state index contributed by atoms with van der Waals surface area (Å²) in [6.45, 7) is 4.34. The Morgan fingerprint density at radius 3 is 2.33 bits per heavy atom. The number of aliphatic imine (C=N–C) groups is 1. The second-order valence-electron chi connectivity index (χ2n) is 9.97. The number of carbonyl (C=O) groups excluding carboxylic acids is 2. The normalized spacial score (nSPS) is 11.1. The van der Waals surface area contributed by atoms with E-state index in [9.17, 15) is 9.59 Å². The topological polar surface area (TPSA) is 173 Å². The standard InChI is InChI=1S/C33H33N7O4.C2H6/c1-43-29-15-6-5-13-25(29)39-32(42)22-16-17-27-26(20-22)38-31(40(27)28(30(34)41)14-8-18-37-33(35)36)21-9-7-12-24(19-21)44-23-10-3-2-4-11-23;1-2/h2-7,9-13,15-17,19-20,28H,8,14,18H2,1H3,(H2,34,41)(H,39,42)(H4,35,36,37);1-2H3/t28-;/m1./s1. The zero-order valence-electron chi connectivity index (χ0n) is 26.1. The number of primary amides is 1. The molecular weight excluding hydrogens is 582 g/mol. The second kappa shape index (κ2) is 15.8. The molecule has 5 rings (SSSR count). The van der Waals surface area contributed by atoms with Crippen molar-refractivity contribution in [3.05, 3.63) is 103 Å². The molecular formula is C35H39N7O4. The van der Waals surface area contributed by atoms with Gasteiger partial charge in [-0.25, -0.2) is 4.98 Å². The van der Waals surface area contributed by atoms with E-state index in [-0.39, 0.29) is 11.9 Å². The molecule has 0 fully saturated rings. The van der Waals surface area contributed by atoms with E-state index in [0.29, 0.717) is 70.3 Å². The highest BCUT2D eigenvalue weighted by Gasteiger charge is 2.25. The van der Waals surface area contributed by atoms with E-state index in [1.54, 1.807) is 34.9 Å². The Labute approximate surface area is 268 Å². The zero-order chi connectivity index (χ0) is 33.1. The van der Waals surface area contributed by atoms with Gasteiger partial charge in [0.05, 0.1) is 23.8 Å². The van der Waals surface area contributed by atoms with Crippen molar-refractivity contribution in [3.8, 4) is 28.6 Å². The molecule has 1 aromatic heterocycles. The summed E-state index contributed by atoms with van der Waals surface area (Å²) in [5, 5.41) is 2.89. The molecule has 11 nitrogen and oxygen atoms in total. The van der Waals surface area contributed by atoms with Crippen LogP contribution in [0.5, 0.6) is 17.2 Å². The average molecular weight is 622 g/mol. The summed E-state index contributed by atoms with van der Waals surface area (Å²) < 4.78 is 13.2. The van der Waals surface area contributed by atoms with Gasteiger partial charge < -0.3 is 36.6 Å². The van der Waals surface area contributed by atoms with Crippen molar-refractivity contribution in [2.45, 2.75) is 32.7 Å². The predicted molar refractivity (Wildman–Crippen MR) is 182 cm³/mol. The number of hydrogen-bond donors (Lipinski definition) is 4. The van der Waals surface area contributed by atoms with Gasteiger partial charge >= 0.3 is 0 Å². The number of nitrogens with one attached hydrogen (secondary N) is 1. The number of methoxy groups -OCH3 is 1. The third kappa shape index (κ3) is 8.00. The third-order valence-corrected chi connectivity index (χ3v) is 6.95. The highest BCUT2D eigenvalue weighted by Crippen LogP contribution is 2.34. The molecule has 0 spiro atoms. The Kier molecular flexibility index (Phi) is 11.3. The number of aromatic nitrogens is 2. The van der Waals surface area contributed by atoms with Crippen molar-refractivity contribution in [2.75, 3.05) is 19.0 Å². The van der Waals surface area contributed by atoms with Gasteiger partial charge in [0.2, 0.25) is 5.91 Å². The summed E-state index contributed by atoms with van der Waals surface area (Å²) in [4.78, 5) is 35.1. The van der Waals surface area contributed by atoms with Crippen molar-refractivity contribution in [3.63, 3.8) is 0 Å². The van der Waals surface area contributed by atoms with Crippen LogP contribution in [0.1, 0.15) is 43.1 Å². The SMILES string of the molecule is CC.COc1ccccc1NC(=O)c1ccc2c(c1)nc(-c1cccc(Oc3ccccc3)c1)n2[C@H](CCCN=C(N)N)C(N)=O. The Hall–Kier alpha value is -5.84. The molecule has 0 saturated carbocycles. The maximum Gasteiger partial charge on any atom is 0.255 e. The molecule has 0 aliphatic carbocycles. The van der Waals surface area contributed by atoms with Gasteiger partial charge in [0, 0.05) is 17.7 Å². The van der Waals surface area contributed by atoms with Crippen LogP contribution in [-0.2, 0) is 4.79 Å². The summed E-state index contributed by atoms with van der Waals surface area (Å²) in [6, 6.07) is 28.3. The summed E-state index contributed by atoms with van der Waals surface area (Å²) >= 11 is 0. The first-order chi connectivity index (χ1) is 22.3. The van der Waals surface area contributed by atoms with Crippen LogP contribution >= 0.6 is 0 Å². The largest absolute Gasteiger partial charge is 0.495 e. The molecule has 238 valence electrons. The lowest BCUT2D eigenvalue weighted by Crippen LogP contribution is -2.27. The van der Waals surface area contributed by atoms with Crippen molar-refractivity contribution in [2.24, 2.45) is 22.2 Å². The van der Waals surface area contributed by atoms with Gasteiger partial charge in [-0.15, -0.1) is 0 Å². The highest BCUT2D eigenvalue weighted by molar-refractivity contribution is 6.07. The zero-order valence-corrected chi connectivity index (χ0v) is 26.1. The number of carbonyl (C=O) groups is 2. The average Bonchev–Trinajstić information content (AvgIpc) is 3.44. The molecule has 0 aliphatic heterocycles. The number of fused-ring (bicyclic) bond motifs is 1. The van der Waals surface area contributed by atoms with E-state index < -0.39 is 11.9 Å². The van der Waals surface area contributed by atoms with E-state index in [4.69, 9.17) is 31.7 Å². The number of anilines is 1. The van der Waals surface area contributed by atoms with Crippen LogP contribution in [0.3, 0.4) is 0 Å². The van der Waals surface area contributed by atoms with Gasteiger partial charge in [0.1, 0.15) is 29.1 Å². The predicted octanol–water partition coefficient (Wildman–Crippen LogP) is 5.86. The monoisotopic (exact) mass is 621 g/mol. The first-order valence-corrected chi connectivity index (χ1v) is 15.0. The molecule has 2 amide bonds. The molecule has 0 unspecified atom stereocenters. The fraction of sp³-hybridized carbons (Fsp3) is 0.200. The number of guanidine groups is 1. The molecule has 0 radical (unpaired) electrons. The van der Waals surface area contributed by atoms with E-state index >= 15 is 0 Å². The minimum Gasteiger partial charge on any atom is -0.495 e. The number of amides is 2. The first-order valence-electron chi connectivity index (χ1n) is 15.0. The molecule has 0 aliphatic rings. The molecule has 11 heteroatoms. The molecule has 4 aromatic carbocycles. The number of benzene rings is 4. The fourth-order valence-electron chi connectivity index (χ4n) is 4.92. The number of nitrogens with zero attached hydrogens (tertiary/aromatic N) is 3. The Morgan fingerprint density at radius 1 is 0.891 bits per heavy atom. The maximum absolute atomic E-state index is 13.3. The number of imidazole rings is 1. The van der Waals surface area contributed by atoms with Crippen molar-refractivity contribution >= 4 is 34.5 Å². The van der Waals surface area contributed by atoms with Gasteiger partial charge in [-0.05, 0) is 67.4 Å². The summed E-state index contributed by atoms with van der Waals surface area (Å²) in [7, 11) is 1.54. The molecule has 7 N–H and O–H groups in total. The highest BCUT2D eigenvalue weighted by atomic mass is 16.5. The number of nitrogens with two attached hydrogens (primary N) is 3. The molecule has 5 aromatic rings. The van der Waals surface area contributed by atoms with E-state index in [1.165, 1.54) is 7.11 Å². The van der Waals surface area contributed by atoms with Crippen LogP contribution in [0, 0.1) is 0 Å². The maximum atomic E-state index is 13.3. The van der Waals surface area contributed by atoms with Crippen molar-refractivity contribution < 1.29 is 19.1 Å². The van der Waals surface area contributed by atoms with Gasteiger partial charge in [-0.3, -0.25) is 14.6 Å². The Balaban J connectivity index is 0.00000235. The first kappa shape index (κ1) is 33.1. The van der Waals surface area contributed by atoms with Gasteiger partial charge in [-0.2, -0.15) is 0 Å². The van der Waals surface area contributed by atoms with Crippen LogP contribution < -0.4 is 32.0 Å². The minimum atomic E-state index is -0.767.